The molecule has 0 bridgehead atoms. The first-order valence-electron chi connectivity index (χ1n) is 10.1. The van der Waals surface area contributed by atoms with Crippen LogP contribution in [0.1, 0.15) is 45.7 Å². The summed E-state index contributed by atoms with van der Waals surface area (Å²) in [5.41, 5.74) is 6.23. The molecule has 1 aliphatic rings. The van der Waals surface area contributed by atoms with E-state index < -0.39 is 0 Å². The number of benzene rings is 1. The van der Waals surface area contributed by atoms with Crippen molar-refractivity contribution >= 4 is 22.4 Å². The Morgan fingerprint density at radius 1 is 1.24 bits per heavy atom. The van der Waals surface area contributed by atoms with Crippen LogP contribution in [0.25, 0.3) is 16.5 Å². The first-order chi connectivity index (χ1) is 14.0. The highest BCUT2D eigenvalue weighted by Crippen LogP contribution is 2.41. The van der Waals surface area contributed by atoms with Crippen molar-refractivity contribution in [3.05, 3.63) is 58.4 Å². The van der Waals surface area contributed by atoms with Crippen LogP contribution in [-0.4, -0.2) is 53.1 Å². The van der Waals surface area contributed by atoms with Gasteiger partial charge in [-0.2, -0.15) is 0 Å². The molecule has 0 saturated carbocycles. The van der Waals surface area contributed by atoms with Crippen LogP contribution in [0.5, 0.6) is 5.88 Å². The average molecular weight is 393 g/mol. The van der Waals surface area contributed by atoms with Crippen molar-refractivity contribution in [1.29, 1.82) is 0 Å². The van der Waals surface area contributed by atoms with Crippen molar-refractivity contribution < 1.29 is 9.90 Å². The van der Waals surface area contributed by atoms with Gasteiger partial charge in [-0.1, -0.05) is 24.3 Å². The highest BCUT2D eigenvalue weighted by atomic mass is 16.3. The van der Waals surface area contributed by atoms with E-state index in [1.807, 2.05) is 45.3 Å². The second kappa shape index (κ2) is 7.79. The van der Waals surface area contributed by atoms with Crippen molar-refractivity contribution in [2.45, 2.75) is 26.2 Å². The van der Waals surface area contributed by atoms with Gasteiger partial charge in [0, 0.05) is 28.7 Å². The van der Waals surface area contributed by atoms with Crippen molar-refractivity contribution in [2.75, 3.05) is 27.2 Å². The van der Waals surface area contributed by atoms with Gasteiger partial charge >= 0.3 is 0 Å². The molecule has 4 N–H and O–H groups in total. The first-order valence-corrected chi connectivity index (χ1v) is 10.1. The molecule has 0 radical (unpaired) electrons. The van der Waals surface area contributed by atoms with Gasteiger partial charge in [0.15, 0.2) is 5.88 Å². The molecule has 0 spiro atoms. The predicted octanol–water partition coefficient (Wildman–Crippen LogP) is 3.57. The standard InChI is InChI=1S/C23H28N4O2/c1-14-19(22(28)24-12-7-13-27(2)3)16-9-6-10-17(21(16)25-14)20-15-8-4-5-11-18(15)26-23(20)29/h4-5,8,10-11,25-26,29H,6-7,9,12-13H2,1-3H3,(H,24,28). The SMILES string of the molecule is Cc1[nH]c2c(c1C(=O)NCCCN(C)C)CCC=C2c1c(O)[nH]c2ccccc12. The number of hydrogen-bond acceptors (Lipinski definition) is 3. The van der Waals surface area contributed by atoms with E-state index in [0.717, 1.165) is 70.4 Å². The summed E-state index contributed by atoms with van der Waals surface area (Å²) >= 11 is 0. The topological polar surface area (TPSA) is 84.2 Å². The Bertz CT molecular complexity index is 1090. The van der Waals surface area contributed by atoms with E-state index in [1.54, 1.807) is 0 Å². The largest absolute Gasteiger partial charge is 0.494 e. The van der Waals surface area contributed by atoms with Crippen LogP contribution in [0.3, 0.4) is 0 Å². The van der Waals surface area contributed by atoms with Crippen LogP contribution in [-0.2, 0) is 6.42 Å². The van der Waals surface area contributed by atoms with Gasteiger partial charge in [0.2, 0.25) is 0 Å². The minimum Gasteiger partial charge on any atom is -0.494 e. The minimum absolute atomic E-state index is 0.0249. The summed E-state index contributed by atoms with van der Waals surface area (Å²) in [6.07, 6.45) is 4.71. The third-order valence-electron chi connectivity index (χ3n) is 5.55. The number of aromatic hydroxyl groups is 1. The fourth-order valence-corrected chi connectivity index (χ4v) is 4.24. The molecular weight excluding hydrogens is 364 g/mol. The number of H-pyrrole nitrogens is 2. The maximum Gasteiger partial charge on any atom is 0.253 e. The Hall–Kier alpha value is -2.99. The number of aromatic amines is 2. The van der Waals surface area contributed by atoms with Crippen molar-refractivity contribution in [3.63, 3.8) is 0 Å². The third-order valence-corrected chi connectivity index (χ3v) is 5.55. The van der Waals surface area contributed by atoms with Crippen LogP contribution in [0.4, 0.5) is 0 Å². The number of para-hydroxylation sites is 1. The summed E-state index contributed by atoms with van der Waals surface area (Å²) < 4.78 is 0. The second-order valence-corrected chi connectivity index (χ2v) is 7.94. The molecule has 1 amide bonds. The predicted molar refractivity (Wildman–Crippen MR) is 116 cm³/mol. The first kappa shape index (κ1) is 19.3. The number of nitrogens with zero attached hydrogens (tertiary/aromatic N) is 1. The number of rotatable bonds is 6. The van der Waals surface area contributed by atoms with Gasteiger partial charge < -0.3 is 25.3 Å². The van der Waals surface area contributed by atoms with Crippen LogP contribution in [0.15, 0.2) is 30.3 Å². The van der Waals surface area contributed by atoms with Gasteiger partial charge in [0.1, 0.15) is 0 Å². The van der Waals surface area contributed by atoms with E-state index in [2.05, 4.69) is 26.3 Å². The lowest BCUT2D eigenvalue weighted by atomic mass is 9.89. The van der Waals surface area contributed by atoms with Gasteiger partial charge in [-0.3, -0.25) is 4.79 Å². The summed E-state index contributed by atoms with van der Waals surface area (Å²) in [4.78, 5) is 21.5. The van der Waals surface area contributed by atoms with Gasteiger partial charge in [0.25, 0.3) is 5.91 Å². The maximum absolute atomic E-state index is 12.9. The van der Waals surface area contributed by atoms with Crippen LogP contribution in [0.2, 0.25) is 0 Å². The summed E-state index contributed by atoms with van der Waals surface area (Å²) in [5.74, 6) is 0.135. The Balaban J connectivity index is 1.67. The Morgan fingerprint density at radius 2 is 2.03 bits per heavy atom. The average Bonchev–Trinajstić information content (AvgIpc) is 3.20. The molecule has 0 unspecified atom stereocenters. The van der Waals surface area contributed by atoms with E-state index in [4.69, 9.17) is 0 Å². The molecule has 4 rings (SSSR count). The number of amides is 1. The Morgan fingerprint density at radius 3 is 2.83 bits per heavy atom. The maximum atomic E-state index is 12.9. The molecular formula is C23H28N4O2. The summed E-state index contributed by atoms with van der Waals surface area (Å²) in [5, 5.41) is 14.6. The van der Waals surface area contributed by atoms with Crippen molar-refractivity contribution in [1.82, 2.24) is 20.2 Å². The zero-order valence-corrected chi connectivity index (χ0v) is 17.2. The smallest absolute Gasteiger partial charge is 0.253 e. The molecule has 2 aromatic heterocycles. The molecule has 1 aromatic carbocycles. The van der Waals surface area contributed by atoms with Crippen molar-refractivity contribution in [3.8, 4) is 5.88 Å². The van der Waals surface area contributed by atoms with E-state index in [-0.39, 0.29) is 11.8 Å². The molecule has 2 heterocycles. The number of hydrogen-bond donors (Lipinski definition) is 4. The number of aromatic nitrogens is 2. The molecule has 6 heteroatoms. The van der Waals surface area contributed by atoms with E-state index in [9.17, 15) is 9.90 Å². The highest BCUT2D eigenvalue weighted by Gasteiger charge is 2.27. The lowest BCUT2D eigenvalue weighted by Gasteiger charge is -2.16. The number of carbonyl (C=O) groups is 1. The molecule has 1 aliphatic carbocycles. The molecule has 0 fully saturated rings. The Kier molecular flexibility index (Phi) is 5.20. The zero-order valence-electron chi connectivity index (χ0n) is 17.2. The fourth-order valence-electron chi connectivity index (χ4n) is 4.24. The quantitative estimate of drug-likeness (QED) is 0.484. The molecule has 3 aromatic rings. The van der Waals surface area contributed by atoms with Gasteiger partial charge in [-0.05, 0) is 58.5 Å². The van der Waals surface area contributed by atoms with Gasteiger partial charge in [-0.25, -0.2) is 0 Å². The van der Waals surface area contributed by atoms with Crippen molar-refractivity contribution in [2.24, 2.45) is 0 Å². The van der Waals surface area contributed by atoms with Crippen LogP contribution < -0.4 is 5.32 Å². The van der Waals surface area contributed by atoms with Gasteiger partial charge in [-0.15, -0.1) is 0 Å². The Labute approximate surface area is 170 Å². The second-order valence-electron chi connectivity index (χ2n) is 7.94. The number of allylic oxidation sites excluding steroid dienone is 1. The van der Waals surface area contributed by atoms with Crippen LogP contribution in [0, 0.1) is 6.92 Å². The summed E-state index contributed by atoms with van der Waals surface area (Å²) in [6, 6.07) is 7.87. The minimum atomic E-state index is -0.0249. The number of fused-ring (bicyclic) bond motifs is 2. The molecule has 29 heavy (non-hydrogen) atoms. The number of aryl methyl sites for hydroxylation is 1. The summed E-state index contributed by atoms with van der Waals surface area (Å²) in [7, 11) is 4.06. The molecule has 0 saturated heterocycles. The van der Waals surface area contributed by atoms with E-state index in [0.29, 0.717) is 6.54 Å². The number of nitrogens with one attached hydrogen (secondary N) is 3. The molecule has 152 valence electrons. The highest BCUT2D eigenvalue weighted by molar-refractivity contribution is 6.03. The fraction of sp³-hybridized carbons (Fsp3) is 0.348. The normalized spacial score (nSPS) is 13.6. The van der Waals surface area contributed by atoms with Gasteiger partial charge in [0.05, 0.1) is 16.8 Å². The number of carbonyl (C=O) groups excluding carboxylic acids is 1. The third kappa shape index (κ3) is 3.56. The van der Waals surface area contributed by atoms with Crippen LogP contribution >= 0.6 is 0 Å². The molecule has 0 atom stereocenters. The monoisotopic (exact) mass is 392 g/mol. The molecule has 6 nitrogen and oxygen atoms in total. The van der Waals surface area contributed by atoms with E-state index in [1.165, 1.54) is 0 Å². The lowest BCUT2D eigenvalue weighted by Crippen LogP contribution is -2.28. The lowest BCUT2D eigenvalue weighted by molar-refractivity contribution is 0.0951. The zero-order chi connectivity index (χ0) is 20.5. The molecule has 0 aliphatic heterocycles. The summed E-state index contributed by atoms with van der Waals surface area (Å²) in [6.45, 7) is 3.54. The van der Waals surface area contributed by atoms with E-state index >= 15 is 0 Å².